The van der Waals surface area contributed by atoms with Crippen LogP contribution in [0.2, 0.25) is 0 Å². The minimum atomic E-state index is -0.212. The van der Waals surface area contributed by atoms with E-state index >= 15 is 0 Å². The van der Waals surface area contributed by atoms with E-state index < -0.39 is 0 Å². The first-order valence-corrected chi connectivity index (χ1v) is 9.71. The molecule has 0 saturated carbocycles. The molecule has 0 atom stereocenters. The van der Waals surface area contributed by atoms with Gasteiger partial charge < -0.3 is 14.8 Å². The largest absolute Gasteiger partial charge is 0.496 e. The Balaban J connectivity index is 2.05. The van der Waals surface area contributed by atoms with Gasteiger partial charge in [0.25, 0.3) is 0 Å². The molecule has 146 valence electrons. The maximum atomic E-state index is 11.9. The number of hydrogen-bond donors (Lipinski definition) is 1. The van der Waals surface area contributed by atoms with E-state index in [2.05, 4.69) is 12.2 Å². The summed E-state index contributed by atoms with van der Waals surface area (Å²) < 4.78 is 10.5. The molecule has 26 heavy (non-hydrogen) atoms. The highest BCUT2D eigenvalue weighted by Gasteiger charge is 2.08. The summed E-state index contributed by atoms with van der Waals surface area (Å²) in [6, 6.07) is 7.57. The number of rotatable bonds is 14. The molecule has 0 spiro atoms. The summed E-state index contributed by atoms with van der Waals surface area (Å²) in [5.41, 5.74) is 0.932. The van der Waals surface area contributed by atoms with Gasteiger partial charge in [0, 0.05) is 24.9 Å². The summed E-state index contributed by atoms with van der Waals surface area (Å²) in [6.45, 7) is 3.11. The monoisotopic (exact) mass is 363 g/mol. The highest BCUT2D eigenvalue weighted by molar-refractivity contribution is 5.77. The van der Waals surface area contributed by atoms with Crippen LogP contribution in [0.4, 0.5) is 0 Å². The van der Waals surface area contributed by atoms with Gasteiger partial charge in [-0.1, -0.05) is 57.2 Å². The van der Waals surface area contributed by atoms with Gasteiger partial charge in [-0.2, -0.15) is 0 Å². The van der Waals surface area contributed by atoms with Gasteiger partial charge in [-0.05, 0) is 18.9 Å². The molecule has 0 aliphatic rings. The lowest BCUT2D eigenvalue weighted by molar-refractivity contribution is -0.143. The van der Waals surface area contributed by atoms with Crippen molar-refractivity contribution < 1.29 is 19.1 Å². The van der Waals surface area contributed by atoms with E-state index in [1.807, 2.05) is 24.3 Å². The van der Waals surface area contributed by atoms with E-state index in [1.54, 1.807) is 7.11 Å². The van der Waals surface area contributed by atoms with Crippen molar-refractivity contribution in [1.82, 2.24) is 5.32 Å². The van der Waals surface area contributed by atoms with Crippen LogP contribution in [-0.2, 0) is 20.9 Å². The first-order chi connectivity index (χ1) is 12.7. The van der Waals surface area contributed by atoms with Gasteiger partial charge in [-0.15, -0.1) is 0 Å². The average molecular weight is 363 g/mol. The second-order valence-electron chi connectivity index (χ2n) is 6.43. The summed E-state index contributed by atoms with van der Waals surface area (Å²) in [7, 11) is 1.61. The van der Waals surface area contributed by atoms with Crippen molar-refractivity contribution in [3.05, 3.63) is 29.8 Å². The Morgan fingerprint density at radius 3 is 2.46 bits per heavy atom. The van der Waals surface area contributed by atoms with Crippen LogP contribution in [0.5, 0.6) is 5.75 Å². The summed E-state index contributed by atoms with van der Waals surface area (Å²) in [6.07, 6.45) is 8.13. The molecule has 5 nitrogen and oxygen atoms in total. The fourth-order valence-corrected chi connectivity index (χ4v) is 2.67. The van der Waals surface area contributed by atoms with Crippen LogP contribution < -0.4 is 10.1 Å². The molecule has 1 aromatic carbocycles. The Morgan fingerprint density at radius 2 is 1.69 bits per heavy atom. The van der Waals surface area contributed by atoms with Crippen molar-refractivity contribution in [2.24, 2.45) is 0 Å². The number of methoxy groups -OCH3 is 1. The number of amides is 1. The lowest BCUT2D eigenvalue weighted by Crippen LogP contribution is -2.23. The first-order valence-electron chi connectivity index (χ1n) is 9.71. The lowest BCUT2D eigenvalue weighted by atomic mass is 10.1. The van der Waals surface area contributed by atoms with Crippen molar-refractivity contribution in [1.29, 1.82) is 0 Å². The number of ether oxygens (including phenoxy) is 2. The van der Waals surface area contributed by atoms with Crippen LogP contribution in [0.1, 0.15) is 70.3 Å². The molecule has 0 fully saturated rings. The Labute approximate surface area is 157 Å². The molecule has 5 heteroatoms. The molecule has 0 radical (unpaired) electrons. The molecule has 0 aliphatic carbocycles. The van der Waals surface area contributed by atoms with Crippen LogP contribution in [-0.4, -0.2) is 25.6 Å². The van der Waals surface area contributed by atoms with Crippen LogP contribution in [0.25, 0.3) is 0 Å². The Kier molecular flexibility index (Phi) is 12.0. The Hall–Kier alpha value is -2.04. The van der Waals surface area contributed by atoms with Gasteiger partial charge >= 0.3 is 5.97 Å². The molecule has 0 saturated heterocycles. The van der Waals surface area contributed by atoms with Gasteiger partial charge in [0.05, 0.1) is 13.7 Å². The molecule has 1 aromatic rings. The molecule has 1 N–H and O–H groups in total. The van der Waals surface area contributed by atoms with Crippen molar-refractivity contribution in [2.75, 3.05) is 13.7 Å². The molecule has 1 rings (SSSR count). The quantitative estimate of drug-likeness (QED) is 0.393. The summed E-state index contributed by atoms with van der Waals surface area (Å²) in [5.74, 6) is 0.474. The van der Waals surface area contributed by atoms with Crippen LogP contribution in [0.3, 0.4) is 0 Å². The van der Waals surface area contributed by atoms with Gasteiger partial charge in [-0.3, -0.25) is 9.59 Å². The molecule has 0 bridgehead atoms. The lowest BCUT2D eigenvalue weighted by Gasteiger charge is -2.09. The van der Waals surface area contributed by atoms with Gasteiger partial charge in [-0.25, -0.2) is 0 Å². The summed E-state index contributed by atoms with van der Waals surface area (Å²) in [4.78, 5) is 23.5. The second kappa shape index (κ2) is 14.2. The number of nitrogens with one attached hydrogen (secondary N) is 1. The highest BCUT2D eigenvalue weighted by Crippen LogP contribution is 2.16. The summed E-state index contributed by atoms with van der Waals surface area (Å²) >= 11 is 0. The molecule has 0 unspecified atom stereocenters. The molecular formula is C21H33NO4. The molecule has 1 amide bonds. The number of hydrogen-bond acceptors (Lipinski definition) is 4. The van der Waals surface area contributed by atoms with Crippen molar-refractivity contribution in [3.63, 3.8) is 0 Å². The van der Waals surface area contributed by atoms with Crippen LogP contribution >= 0.6 is 0 Å². The zero-order valence-electron chi connectivity index (χ0n) is 16.2. The average Bonchev–Trinajstić information content (AvgIpc) is 2.66. The number of unbranched alkanes of at least 4 members (excludes halogenated alkanes) is 5. The molecule has 0 aromatic heterocycles. The minimum Gasteiger partial charge on any atom is -0.496 e. The van der Waals surface area contributed by atoms with Crippen molar-refractivity contribution in [3.8, 4) is 5.75 Å². The fourth-order valence-electron chi connectivity index (χ4n) is 2.67. The fraction of sp³-hybridized carbons (Fsp3) is 0.619. The van der Waals surface area contributed by atoms with Gasteiger partial charge in [0.1, 0.15) is 5.75 Å². The predicted octanol–water partition coefficient (Wildman–Crippen LogP) is 4.39. The number of carbonyl (C=O) groups is 2. The number of benzene rings is 1. The molecular weight excluding hydrogens is 330 g/mol. The van der Waals surface area contributed by atoms with E-state index in [0.717, 1.165) is 24.2 Å². The van der Waals surface area contributed by atoms with E-state index in [9.17, 15) is 9.59 Å². The topological polar surface area (TPSA) is 64.6 Å². The first kappa shape index (κ1) is 22.0. The maximum Gasteiger partial charge on any atom is 0.305 e. The zero-order chi connectivity index (χ0) is 19.0. The Morgan fingerprint density at radius 1 is 0.962 bits per heavy atom. The normalized spacial score (nSPS) is 10.4. The number of carbonyl (C=O) groups excluding carboxylic acids is 2. The van der Waals surface area contributed by atoms with Crippen molar-refractivity contribution in [2.45, 2.75) is 71.3 Å². The van der Waals surface area contributed by atoms with Gasteiger partial charge in [0.15, 0.2) is 0 Å². The standard InChI is InChI=1S/C21H33NO4/c1-3-4-5-6-7-10-16-26-21(24)15-11-14-20(23)22-17-18-12-8-9-13-19(18)25-2/h8-9,12-13H,3-7,10-11,14-17H2,1-2H3,(H,22,23). The van der Waals surface area contributed by atoms with E-state index in [1.165, 1.54) is 25.7 Å². The van der Waals surface area contributed by atoms with Crippen LogP contribution in [0.15, 0.2) is 24.3 Å². The minimum absolute atomic E-state index is 0.0698. The second-order valence-corrected chi connectivity index (χ2v) is 6.43. The molecule has 0 heterocycles. The van der Waals surface area contributed by atoms with Gasteiger partial charge in [0.2, 0.25) is 5.91 Å². The third-order valence-electron chi connectivity index (χ3n) is 4.21. The number of esters is 1. The highest BCUT2D eigenvalue weighted by atomic mass is 16.5. The van der Waals surface area contributed by atoms with Crippen molar-refractivity contribution >= 4 is 11.9 Å². The van der Waals surface area contributed by atoms with E-state index in [-0.39, 0.29) is 18.3 Å². The van der Waals surface area contributed by atoms with E-state index in [4.69, 9.17) is 9.47 Å². The molecule has 0 aliphatic heterocycles. The van der Waals surface area contributed by atoms with Crippen LogP contribution in [0, 0.1) is 0 Å². The smallest absolute Gasteiger partial charge is 0.305 e. The van der Waals surface area contributed by atoms with E-state index in [0.29, 0.717) is 26.0 Å². The zero-order valence-corrected chi connectivity index (χ0v) is 16.2. The Bertz CT molecular complexity index is 530. The maximum absolute atomic E-state index is 11.9. The third kappa shape index (κ3) is 10.1. The predicted molar refractivity (Wildman–Crippen MR) is 103 cm³/mol. The third-order valence-corrected chi connectivity index (χ3v) is 4.21. The SMILES string of the molecule is CCCCCCCCOC(=O)CCCC(=O)NCc1ccccc1OC. The number of para-hydroxylation sites is 1. The summed E-state index contributed by atoms with van der Waals surface area (Å²) in [5, 5.41) is 2.85.